The first-order chi connectivity index (χ1) is 10.1. The number of sulfonamides is 1. The molecule has 1 aromatic rings. The third-order valence-corrected chi connectivity index (χ3v) is 6.28. The van der Waals surface area contributed by atoms with Gasteiger partial charge in [0.05, 0.1) is 16.5 Å². The summed E-state index contributed by atoms with van der Waals surface area (Å²) in [6.07, 6.45) is 1.25. The average Bonchev–Trinajstić information content (AvgIpc) is 2.41. The van der Waals surface area contributed by atoms with Gasteiger partial charge in [-0.2, -0.15) is 0 Å². The molecule has 1 aliphatic carbocycles. The van der Waals surface area contributed by atoms with Gasteiger partial charge in [0.2, 0.25) is 10.0 Å². The number of rotatable bonds is 4. The number of benzene rings is 1. The predicted molar refractivity (Wildman–Crippen MR) is 88.1 cm³/mol. The molecule has 0 aromatic heterocycles. The Hall–Kier alpha value is -1.17. The highest BCUT2D eigenvalue weighted by atomic mass is 32.2. The van der Waals surface area contributed by atoms with Crippen molar-refractivity contribution in [1.82, 2.24) is 4.72 Å². The molecule has 2 N–H and O–H groups in total. The summed E-state index contributed by atoms with van der Waals surface area (Å²) in [6.45, 7) is 9.58. The number of hydrogen-bond donors (Lipinski definition) is 2. The second-order valence-corrected chi connectivity index (χ2v) is 8.35. The van der Waals surface area contributed by atoms with Crippen LogP contribution in [0.25, 0.3) is 0 Å². The molecule has 1 saturated carbocycles. The molecule has 0 spiro atoms. The Labute approximate surface area is 133 Å². The van der Waals surface area contributed by atoms with Crippen molar-refractivity contribution in [3.05, 3.63) is 42.0 Å². The quantitative estimate of drug-likeness (QED) is 0.837. The lowest BCUT2D eigenvalue weighted by Crippen LogP contribution is -2.57. The molecular weight excluding hydrogens is 298 g/mol. The molecule has 3 atom stereocenters. The van der Waals surface area contributed by atoms with E-state index in [1.807, 2.05) is 13.8 Å². The maximum Gasteiger partial charge on any atom is 0.241 e. The minimum atomic E-state index is -3.64. The van der Waals surface area contributed by atoms with Crippen molar-refractivity contribution in [2.75, 3.05) is 0 Å². The van der Waals surface area contributed by atoms with Crippen LogP contribution in [0.15, 0.2) is 41.3 Å². The smallest absolute Gasteiger partial charge is 0.241 e. The van der Waals surface area contributed by atoms with E-state index in [2.05, 4.69) is 11.3 Å². The first-order valence-electron chi connectivity index (χ1n) is 7.58. The van der Waals surface area contributed by atoms with E-state index >= 15 is 0 Å². The molecule has 0 unspecified atom stereocenters. The van der Waals surface area contributed by atoms with E-state index in [9.17, 15) is 13.5 Å². The van der Waals surface area contributed by atoms with Crippen LogP contribution in [0.2, 0.25) is 0 Å². The first kappa shape index (κ1) is 17.2. The number of aliphatic hydroxyl groups excluding tert-OH is 1. The Balaban J connectivity index is 2.18. The van der Waals surface area contributed by atoms with E-state index < -0.39 is 21.7 Å². The molecule has 22 heavy (non-hydrogen) atoms. The fourth-order valence-electron chi connectivity index (χ4n) is 2.94. The largest absolute Gasteiger partial charge is 0.391 e. The van der Waals surface area contributed by atoms with E-state index in [1.165, 1.54) is 0 Å². The van der Waals surface area contributed by atoms with E-state index in [-0.39, 0.29) is 10.8 Å². The number of nitrogens with one attached hydrogen (secondary N) is 1. The summed E-state index contributed by atoms with van der Waals surface area (Å²) in [4.78, 5) is 0.230. The SMILES string of the molecule is C=C(C)[C@@H]1CC[C@](C)(NS(=O)(=O)c2ccc(C)cc2)[C@@H](O)C1. The highest BCUT2D eigenvalue weighted by Gasteiger charge is 2.42. The Morgan fingerprint density at radius 1 is 1.36 bits per heavy atom. The molecular formula is C17H25NO3S. The van der Waals surface area contributed by atoms with Crippen molar-refractivity contribution in [3.8, 4) is 0 Å². The van der Waals surface area contributed by atoms with Gasteiger partial charge >= 0.3 is 0 Å². The van der Waals surface area contributed by atoms with Crippen molar-refractivity contribution in [1.29, 1.82) is 0 Å². The van der Waals surface area contributed by atoms with Gasteiger partial charge in [0, 0.05) is 0 Å². The predicted octanol–water partition coefficient (Wildman–Crippen LogP) is 2.77. The monoisotopic (exact) mass is 323 g/mol. The normalized spacial score (nSPS) is 29.3. The summed E-state index contributed by atoms with van der Waals surface area (Å²) in [6, 6.07) is 6.72. The topological polar surface area (TPSA) is 66.4 Å². The molecule has 5 heteroatoms. The Kier molecular flexibility index (Phi) is 4.80. The maximum atomic E-state index is 12.5. The molecule has 0 amide bonds. The zero-order valence-electron chi connectivity index (χ0n) is 13.5. The van der Waals surface area contributed by atoms with E-state index in [1.54, 1.807) is 31.2 Å². The molecule has 1 aromatic carbocycles. The number of aryl methyl sites for hydroxylation is 1. The lowest BCUT2D eigenvalue weighted by atomic mass is 9.74. The molecule has 2 rings (SSSR count). The van der Waals surface area contributed by atoms with Gasteiger partial charge < -0.3 is 5.11 Å². The Bertz CT molecular complexity index is 651. The molecule has 0 bridgehead atoms. The molecule has 0 aliphatic heterocycles. The fourth-order valence-corrected chi connectivity index (χ4v) is 4.40. The van der Waals surface area contributed by atoms with Crippen LogP contribution < -0.4 is 4.72 Å². The number of aliphatic hydroxyl groups is 1. The minimum absolute atomic E-state index is 0.230. The van der Waals surface area contributed by atoms with Gasteiger partial charge in [-0.15, -0.1) is 0 Å². The lowest BCUT2D eigenvalue weighted by molar-refractivity contribution is 0.0313. The summed E-state index contributed by atoms with van der Waals surface area (Å²) >= 11 is 0. The molecule has 0 heterocycles. The fraction of sp³-hybridized carbons (Fsp3) is 0.529. The zero-order chi connectivity index (χ0) is 16.5. The van der Waals surface area contributed by atoms with Gasteiger partial charge in [0.25, 0.3) is 0 Å². The van der Waals surface area contributed by atoms with Crippen LogP contribution in [0.4, 0.5) is 0 Å². The van der Waals surface area contributed by atoms with Crippen LogP contribution >= 0.6 is 0 Å². The van der Waals surface area contributed by atoms with Gasteiger partial charge in [-0.25, -0.2) is 13.1 Å². The van der Waals surface area contributed by atoms with Gasteiger partial charge in [0.15, 0.2) is 0 Å². The van der Waals surface area contributed by atoms with Crippen LogP contribution in [-0.2, 0) is 10.0 Å². The molecule has 4 nitrogen and oxygen atoms in total. The van der Waals surface area contributed by atoms with Crippen LogP contribution in [0.5, 0.6) is 0 Å². The van der Waals surface area contributed by atoms with Crippen molar-refractivity contribution < 1.29 is 13.5 Å². The standard InChI is InChI=1S/C17H25NO3S/c1-12(2)14-9-10-17(4,16(19)11-14)18-22(20,21)15-7-5-13(3)6-8-15/h5-8,14,16,18-19H,1,9-11H2,2-4H3/t14-,16+,17+/m1/s1. The van der Waals surface area contributed by atoms with E-state index in [0.29, 0.717) is 12.8 Å². The minimum Gasteiger partial charge on any atom is -0.391 e. The third kappa shape index (κ3) is 3.59. The Morgan fingerprint density at radius 2 is 1.95 bits per heavy atom. The molecule has 0 saturated heterocycles. The van der Waals surface area contributed by atoms with Crippen molar-refractivity contribution >= 4 is 10.0 Å². The average molecular weight is 323 g/mol. The molecule has 122 valence electrons. The first-order valence-corrected chi connectivity index (χ1v) is 9.06. The highest BCUT2D eigenvalue weighted by molar-refractivity contribution is 7.89. The third-order valence-electron chi connectivity index (χ3n) is 4.65. The van der Waals surface area contributed by atoms with E-state index in [4.69, 9.17) is 0 Å². The van der Waals surface area contributed by atoms with Crippen LogP contribution in [0.1, 0.15) is 38.7 Å². The summed E-state index contributed by atoms with van der Waals surface area (Å²) in [5, 5.41) is 10.4. The summed E-state index contributed by atoms with van der Waals surface area (Å²) in [7, 11) is -3.64. The second-order valence-electron chi connectivity index (χ2n) is 6.67. The maximum absolute atomic E-state index is 12.5. The van der Waals surface area contributed by atoms with Gasteiger partial charge in [-0.05, 0) is 58.1 Å². The summed E-state index contributed by atoms with van der Waals surface area (Å²) < 4.78 is 27.8. The van der Waals surface area contributed by atoms with Crippen molar-refractivity contribution in [2.45, 2.75) is 56.6 Å². The summed E-state index contributed by atoms with van der Waals surface area (Å²) in [5.74, 6) is 0.256. The zero-order valence-corrected chi connectivity index (χ0v) is 14.3. The lowest BCUT2D eigenvalue weighted by Gasteiger charge is -2.42. The van der Waals surface area contributed by atoms with Crippen LogP contribution in [-0.4, -0.2) is 25.2 Å². The van der Waals surface area contributed by atoms with E-state index in [0.717, 1.165) is 17.6 Å². The molecule has 0 radical (unpaired) electrons. The van der Waals surface area contributed by atoms with Gasteiger partial charge in [-0.1, -0.05) is 29.8 Å². The van der Waals surface area contributed by atoms with Crippen molar-refractivity contribution in [3.63, 3.8) is 0 Å². The number of hydrogen-bond acceptors (Lipinski definition) is 3. The van der Waals surface area contributed by atoms with Crippen molar-refractivity contribution in [2.24, 2.45) is 5.92 Å². The molecule has 1 fully saturated rings. The Morgan fingerprint density at radius 3 is 2.45 bits per heavy atom. The summed E-state index contributed by atoms with van der Waals surface area (Å²) in [5.41, 5.74) is 1.21. The highest BCUT2D eigenvalue weighted by Crippen LogP contribution is 2.36. The van der Waals surface area contributed by atoms with Crippen LogP contribution in [0.3, 0.4) is 0 Å². The second kappa shape index (κ2) is 6.14. The molecule has 1 aliphatic rings. The van der Waals surface area contributed by atoms with Gasteiger partial charge in [-0.3, -0.25) is 0 Å². The van der Waals surface area contributed by atoms with Gasteiger partial charge in [0.1, 0.15) is 0 Å². The number of allylic oxidation sites excluding steroid dienone is 1. The van der Waals surface area contributed by atoms with Crippen LogP contribution in [0, 0.1) is 12.8 Å².